The van der Waals surface area contributed by atoms with Crippen molar-refractivity contribution in [2.24, 2.45) is 11.7 Å². The van der Waals surface area contributed by atoms with Gasteiger partial charge in [0.2, 0.25) is 0 Å². The largest absolute Gasteiger partial charge is 0.330 e. The summed E-state index contributed by atoms with van der Waals surface area (Å²) in [7, 11) is 2.24. The van der Waals surface area contributed by atoms with Crippen LogP contribution in [-0.4, -0.2) is 30.6 Å². The lowest BCUT2D eigenvalue weighted by Gasteiger charge is -2.36. The first-order valence-corrected chi connectivity index (χ1v) is 6.47. The van der Waals surface area contributed by atoms with Crippen LogP contribution in [0.1, 0.15) is 52.4 Å². The topological polar surface area (TPSA) is 29.3 Å². The van der Waals surface area contributed by atoms with Crippen molar-refractivity contribution in [2.45, 2.75) is 57.9 Å². The van der Waals surface area contributed by atoms with Crippen molar-refractivity contribution >= 4 is 0 Å². The van der Waals surface area contributed by atoms with Crippen LogP contribution in [0.2, 0.25) is 0 Å². The molecule has 0 unspecified atom stereocenters. The average Bonchev–Trinajstić information content (AvgIpc) is 2.66. The third-order valence-corrected chi connectivity index (χ3v) is 4.14. The van der Waals surface area contributed by atoms with Crippen LogP contribution < -0.4 is 5.73 Å². The molecular formula is C13H28N2. The number of hydrogen-bond donors (Lipinski definition) is 1. The molecule has 0 bridgehead atoms. The van der Waals surface area contributed by atoms with E-state index in [1.54, 1.807) is 0 Å². The minimum atomic E-state index is 0.271. The molecule has 2 nitrogen and oxygen atoms in total. The second kappa shape index (κ2) is 5.86. The Morgan fingerprint density at radius 3 is 2.40 bits per heavy atom. The maximum absolute atomic E-state index is 5.64. The van der Waals surface area contributed by atoms with Gasteiger partial charge in [0.25, 0.3) is 0 Å². The van der Waals surface area contributed by atoms with Gasteiger partial charge in [-0.1, -0.05) is 25.7 Å². The zero-order chi connectivity index (χ0) is 11.3. The maximum Gasteiger partial charge on any atom is 0.0162 e. The summed E-state index contributed by atoms with van der Waals surface area (Å²) in [6, 6.07) is 0. The van der Waals surface area contributed by atoms with E-state index in [1.165, 1.54) is 38.6 Å². The van der Waals surface area contributed by atoms with E-state index in [2.05, 4.69) is 25.8 Å². The van der Waals surface area contributed by atoms with Crippen LogP contribution in [0.25, 0.3) is 0 Å². The van der Waals surface area contributed by atoms with Crippen LogP contribution in [0.3, 0.4) is 0 Å². The van der Waals surface area contributed by atoms with Gasteiger partial charge in [-0.25, -0.2) is 0 Å². The summed E-state index contributed by atoms with van der Waals surface area (Å²) >= 11 is 0. The van der Waals surface area contributed by atoms with Gasteiger partial charge in [0, 0.05) is 5.54 Å². The first-order chi connectivity index (χ1) is 7.06. The van der Waals surface area contributed by atoms with E-state index < -0.39 is 0 Å². The Bertz CT molecular complexity index is 171. The lowest BCUT2D eigenvalue weighted by atomic mass is 9.97. The molecule has 0 spiro atoms. The van der Waals surface area contributed by atoms with Gasteiger partial charge >= 0.3 is 0 Å². The van der Waals surface area contributed by atoms with Crippen molar-refractivity contribution in [2.75, 3.05) is 20.1 Å². The van der Waals surface area contributed by atoms with Crippen molar-refractivity contribution in [1.29, 1.82) is 0 Å². The predicted octanol–water partition coefficient (Wildman–Crippen LogP) is 2.63. The highest BCUT2D eigenvalue weighted by Gasteiger charge is 2.23. The molecule has 0 amide bonds. The second-order valence-corrected chi connectivity index (χ2v) is 5.71. The Kier molecular flexibility index (Phi) is 5.07. The SMILES string of the molecule is CN(CCC1CCCC1)C(C)(C)CCN. The summed E-state index contributed by atoms with van der Waals surface area (Å²) in [5, 5.41) is 0. The second-order valence-electron chi connectivity index (χ2n) is 5.71. The van der Waals surface area contributed by atoms with Crippen molar-refractivity contribution in [3.8, 4) is 0 Å². The van der Waals surface area contributed by atoms with Crippen molar-refractivity contribution in [3.05, 3.63) is 0 Å². The number of hydrogen-bond acceptors (Lipinski definition) is 2. The Morgan fingerprint density at radius 1 is 1.27 bits per heavy atom. The molecule has 15 heavy (non-hydrogen) atoms. The van der Waals surface area contributed by atoms with Gasteiger partial charge in [0.05, 0.1) is 0 Å². The highest BCUT2D eigenvalue weighted by atomic mass is 15.2. The molecule has 0 heterocycles. The third kappa shape index (κ3) is 4.12. The predicted molar refractivity (Wildman–Crippen MR) is 67.0 cm³/mol. The number of nitrogens with two attached hydrogens (primary N) is 1. The van der Waals surface area contributed by atoms with Gasteiger partial charge in [0.1, 0.15) is 0 Å². The Hall–Kier alpha value is -0.0800. The summed E-state index contributed by atoms with van der Waals surface area (Å²) in [6.45, 7) is 6.63. The molecule has 90 valence electrons. The molecule has 1 saturated carbocycles. The highest BCUT2D eigenvalue weighted by molar-refractivity contribution is 4.80. The monoisotopic (exact) mass is 212 g/mol. The van der Waals surface area contributed by atoms with Crippen LogP contribution in [0.15, 0.2) is 0 Å². The summed E-state index contributed by atoms with van der Waals surface area (Å²) in [5.74, 6) is 1.00. The van der Waals surface area contributed by atoms with Gasteiger partial charge in [-0.05, 0) is 52.7 Å². The van der Waals surface area contributed by atoms with E-state index >= 15 is 0 Å². The smallest absolute Gasteiger partial charge is 0.0162 e. The van der Waals surface area contributed by atoms with Gasteiger partial charge in [-0.15, -0.1) is 0 Å². The first-order valence-electron chi connectivity index (χ1n) is 6.47. The Balaban J connectivity index is 2.24. The quantitative estimate of drug-likeness (QED) is 0.733. The Morgan fingerprint density at radius 2 is 1.87 bits per heavy atom. The molecule has 2 N–H and O–H groups in total. The molecule has 1 fully saturated rings. The molecule has 0 aromatic carbocycles. The molecule has 0 atom stereocenters. The number of nitrogens with zero attached hydrogens (tertiary/aromatic N) is 1. The van der Waals surface area contributed by atoms with Gasteiger partial charge in [-0.2, -0.15) is 0 Å². The fraction of sp³-hybridized carbons (Fsp3) is 1.00. The van der Waals surface area contributed by atoms with Crippen LogP contribution in [0.5, 0.6) is 0 Å². The molecule has 0 aliphatic heterocycles. The van der Waals surface area contributed by atoms with E-state index in [1.807, 2.05) is 0 Å². The zero-order valence-corrected chi connectivity index (χ0v) is 10.8. The molecular weight excluding hydrogens is 184 g/mol. The fourth-order valence-electron chi connectivity index (χ4n) is 2.52. The van der Waals surface area contributed by atoms with E-state index in [0.29, 0.717) is 0 Å². The molecule has 0 aromatic rings. The molecule has 1 aliphatic rings. The lowest BCUT2D eigenvalue weighted by Crippen LogP contribution is -2.43. The maximum atomic E-state index is 5.64. The average molecular weight is 212 g/mol. The van der Waals surface area contributed by atoms with Crippen molar-refractivity contribution < 1.29 is 0 Å². The highest BCUT2D eigenvalue weighted by Crippen LogP contribution is 2.28. The molecule has 0 radical (unpaired) electrons. The lowest BCUT2D eigenvalue weighted by molar-refractivity contribution is 0.139. The van der Waals surface area contributed by atoms with E-state index in [-0.39, 0.29) is 5.54 Å². The summed E-state index contributed by atoms with van der Waals surface area (Å²) in [5.41, 5.74) is 5.92. The Labute approximate surface area is 95.2 Å². The third-order valence-electron chi connectivity index (χ3n) is 4.14. The number of rotatable bonds is 6. The van der Waals surface area contributed by atoms with Crippen molar-refractivity contribution in [3.63, 3.8) is 0 Å². The van der Waals surface area contributed by atoms with Crippen molar-refractivity contribution in [1.82, 2.24) is 4.90 Å². The molecule has 0 saturated heterocycles. The summed E-state index contributed by atoms with van der Waals surface area (Å²) < 4.78 is 0. The van der Waals surface area contributed by atoms with Gasteiger partial charge in [-0.3, -0.25) is 0 Å². The normalized spacial score (nSPS) is 19.0. The van der Waals surface area contributed by atoms with Crippen LogP contribution >= 0.6 is 0 Å². The first kappa shape index (κ1) is 13.0. The summed E-state index contributed by atoms with van der Waals surface area (Å²) in [6.07, 6.45) is 8.32. The minimum absolute atomic E-state index is 0.271. The molecule has 1 rings (SSSR count). The van der Waals surface area contributed by atoms with E-state index in [0.717, 1.165) is 18.9 Å². The van der Waals surface area contributed by atoms with Crippen LogP contribution in [-0.2, 0) is 0 Å². The van der Waals surface area contributed by atoms with Gasteiger partial charge in [0.15, 0.2) is 0 Å². The zero-order valence-electron chi connectivity index (χ0n) is 10.8. The standard InChI is InChI=1S/C13H28N2/c1-13(2,9-10-14)15(3)11-8-12-6-4-5-7-12/h12H,4-11,14H2,1-3H3. The van der Waals surface area contributed by atoms with Crippen LogP contribution in [0.4, 0.5) is 0 Å². The minimum Gasteiger partial charge on any atom is -0.330 e. The van der Waals surface area contributed by atoms with Gasteiger partial charge < -0.3 is 10.6 Å². The molecule has 0 aromatic heterocycles. The van der Waals surface area contributed by atoms with E-state index in [9.17, 15) is 0 Å². The van der Waals surface area contributed by atoms with Crippen LogP contribution in [0, 0.1) is 5.92 Å². The van der Waals surface area contributed by atoms with E-state index in [4.69, 9.17) is 5.73 Å². The molecule has 1 aliphatic carbocycles. The fourth-order valence-corrected chi connectivity index (χ4v) is 2.52. The summed E-state index contributed by atoms with van der Waals surface area (Å²) in [4.78, 5) is 2.48. The molecule has 2 heteroatoms.